The summed E-state index contributed by atoms with van der Waals surface area (Å²) in [4.78, 5) is 12.2. The number of ether oxygens (including phenoxy) is 1. The van der Waals surface area contributed by atoms with Gasteiger partial charge in [-0.1, -0.05) is 11.8 Å². The maximum Gasteiger partial charge on any atom is 0.234 e. The van der Waals surface area contributed by atoms with Crippen LogP contribution in [0.5, 0.6) is 5.75 Å². The fourth-order valence-corrected chi connectivity index (χ4v) is 3.32. The molecule has 0 aliphatic rings. The molecule has 4 aromatic rings. The molecule has 1 N–H and O–H groups in total. The third-order valence-electron chi connectivity index (χ3n) is 4.08. The van der Waals surface area contributed by atoms with E-state index in [1.54, 1.807) is 11.6 Å². The zero-order chi connectivity index (χ0) is 20.2. The van der Waals surface area contributed by atoms with Gasteiger partial charge in [-0.05, 0) is 60.7 Å². The van der Waals surface area contributed by atoms with Crippen molar-refractivity contribution in [3.63, 3.8) is 0 Å². The Hall–Kier alpha value is -3.46. The number of carbonyl (C=O) groups is 1. The number of aromatic nitrogens is 4. The van der Waals surface area contributed by atoms with Gasteiger partial charge in [0.25, 0.3) is 0 Å². The van der Waals surface area contributed by atoms with Crippen LogP contribution in [0.25, 0.3) is 16.9 Å². The highest BCUT2D eigenvalue weighted by Gasteiger charge is 2.12. The first-order valence-electron chi connectivity index (χ1n) is 8.67. The Labute approximate surface area is 169 Å². The van der Waals surface area contributed by atoms with Crippen LogP contribution in [0.1, 0.15) is 0 Å². The van der Waals surface area contributed by atoms with E-state index >= 15 is 0 Å². The molecule has 2 heterocycles. The summed E-state index contributed by atoms with van der Waals surface area (Å²) in [6.07, 6.45) is 0. The fraction of sp³-hybridized carbons (Fsp3) is 0.100. The molecule has 0 fully saturated rings. The number of hydrogen-bond donors (Lipinski definition) is 1. The van der Waals surface area contributed by atoms with Crippen molar-refractivity contribution in [3.8, 4) is 17.0 Å². The number of benzene rings is 2. The van der Waals surface area contributed by atoms with E-state index in [1.807, 2.05) is 36.4 Å². The van der Waals surface area contributed by atoms with Crippen molar-refractivity contribution in [2.45, 2.75) is 5.16 Å². The van der Waals surface area contributed by atoms with Crippen LogP contribution in [0.3, 0.4) is 0 Å². The van der Waals surface area contributed by atoms with Gasteiger partial charge < -0.3 is 10.1 Å². The molecule has 0 radical (unpaired) electrons. The molecule has 4 rings (SSSR count). The minimum absolute atomic E-state index is 0.118. The zero-order valence-corrected chi connectivity index (χ0v) is 16.2. The molecule has 0 saturated heterocycles. The lowest BCUT2D eigenvalue weighted by molar-refractivity contribution is -0.113. The van der Waals surface area contributed by atoms with Gasteiger partial charge in [-0.15, -0.1) is 10.2 Å². The summed E-state index contributed by atoms with van der Waals surface area (Å²) in [5, 5.41) is 16.0. The molecule has 0 bridgehead atoms. The Morgan fingerprint density at radius 3 is 2.55 bits per heavy atom. The lowest BCUT2D eigenvalue weighted by atomic mass is 10.1. The van der Waals surface area contributed by atoms with Crippen LogP contribution in [0, 0.1) is 5.82 Å². The molecule has 1 amide bonds. The lowest BCUT2D eigenvalue weighted by Gasteiger charge is -2.05. The standard InChI is InChI=1S/C20H16FN5O2S/c1-28-16-8-2-13(3-9-16)17-10-11-18-23-24-20(26(18)25-17)29-12-19(27)22-15-6-4-14(21)5-7-15/h2-11H,12H2,1H3,(H,22,27). The topological polar surface area (TPSA) is 81.4 Å². The van der Waals surface area contributed by atoms with Crippen molar-refractivity contribution >= 4 is 29.0 Å². The normalized spacial score (nSPS) is 10.8. The molecule has 9 heteroatoms. The predicted molar refractivity (Wildman–Crippen MR) is 109 cm³/mol. The number of anilines is 1. The molecule has 2 aromatic heterocycles. The Kier molecular flexibility index (Phi) is 5.39. The molecule has 7 nitrogen and oxygen atoms in total. The molecular formula is C20H16FN5O2S. The Balaban J connectivity index is 1.48. The number of thioether (sulfide) groups is 1. The van der Waals surface area contributed by atoms with Crippen LogP contribution >= 0.6 is 11.8 Å². The molecule has 0 aliphatic heterocycles. The van der Waals surface area contributed by atoms with Crippen LogP contribution in [-0.2, 0) is 4.79 Å². The van der Waals surface area contributed by atoms with Crippen molar-refractivity contribution in [2.75, 3.05) is 18.2 Å². The Morgan fingerprint density at radius 1 is 1.07 bits per heavy atom. The molecule has 0 aliphatic carbocycles. The first-order chi connectivity index (χ1) is 14.1. The number of nitrogens with zero attached hydrogens (tertiary/aromatic N) is 4. The molecular weight excluding hydrogens is 393 g/mol. The smallest absolute Gasteiger partial charge is 0.234 e. The molecule has 0 saturated carbocycles. The van der Waals surface area contributed by atoms with Gasteiger partial charge in [0, 0.05) is 11.3 Å². The number of amides is 1. The zero-order valence-electron chi connectivity index (χ0n) is 15.4. The van der Waals surface area contributed by atoms with Crippen LogP contribution in [0.2, 0.25) is 0 Å². The van der Waals surface area contributed by atoms with Gasteiger partial charge in [0.1, 0.15) is 11.6 Å². The second-order valence-electron chi connectivity index (χ2n) is 6.04. The summed E-state index contributed by atoms with van der Waals surface area (Å²) in [5.74, 6) is 0.297. The average Bonchev–Trinajstić information content (AvgIpc) is 3.16. The van der Waals surface area contributed by atoms with Gasteiger partial charge in [-0.25, -0.2) is 4.39 Å². The van der Waals surface area contributed by atoms with Crippen LogP contribution in [-0.4, -0.2) is 38.6 Å². The molecule has 0 unspecified atom stereocenters. The van der Waals surface area contributed by atoms with E-state index in [0.717, 1.165) is 17.0 Å². The highest BCUT2D eigenvalue weighted by molar-refractivity contribution is 7.99. The first-order valence-corrected chi connectivity index (χ1v) is 9.66. The van der Waals surface area contributed by atoms with Crippen molar-refractivity contribution < 1.29 is 13.9 Å². The highest BCUT2D eigenvalue weighted by Crippen LogP contribution is 2.23. The summed E-state index contributed by atoms with van der Waals surface area (Å²) >= 11 is 1.22. The highest BCUT2D eigenvalue weighted by atomic mass is 32.2. The maximum absolute atomic E-state index is 13.0. The van der Waals surface area contributed by atoms with Crippen LogP contribution in [0.15, 0.2) is 65.8 Å². The van der Waals surface area contributed by atoms with Crippen molar-refractivity contribution in [1.29, 1.82) is 0 Å². The minimum atomic E-state index is -0.356. The summed E-state index contributed by atoms with van der Waals surface area (Å²) in [5.41, 5.74) is 2.79. The number of methoxy groups -OCH3 is 1. The largest absolute Gasteiger partial charge is 0.497 e. The monoisotopic (exact) mass is 409 g/mol. The molecule has 0 spiro atoms. The van der Waals surface area contributed by atoms with Crippen molar-refractivity contribution in [3.05, 3.63) is 66.5 Å². The Bertz CT molecular complexity index is 1150. The third kappa shape index (κ3) is 4.35. The van der Waals surface area contributed by atoms with Gasteiger partial charge >= 0.3 is 0 Å². The second kappa shape index (κ2) is 8.27. The molecule has 29 heavy (non-hydrogen) atoms. The first kappa shape index (κ1) is 18.9. The fourth-order valence-electron chi connectivity index (χ4n) is 2.64. The van der Waals surface area contributed by atoms with Gasteiger partial charge in [-0.3, -0.25) is 4.79 Å². The van der Waals surface area contributed by atoms with Crippen LogP contribution in [0.4, 0.5) is 10.1 Å². The van der Waals surface area contributed by atoms with E-state index in [9.17, 15) is 9.18 Å². The van der Waals surface area contributed by atoms with Crippen LogP contribution < -0.4 is 10.1 Å². The number of fused-ring (bicyclic) bond motifs is 1. The van der Waals surface area contributed by atoms with E-state index in [2.05, 4.69) is 20.6 Å². The van der Waals surface area contributed by atoms with Crippen molar-refractivity contribution in [1.82, 2.24) is 19.8 Å². The van der Waals surface area contributed by atoms with Gasteiger partial charge in [0.05, 0.1) is 18.6 Å². The van der Waals surface area contributed by atoms with Crippen molar-refractivity contribution in [2.24, 2.45) is 0 Å². The SMILES string of the molecule is COc1ccc(-c2ccc3nnc(SCC(=O)Nc4ccc(F)cc4)n3n2)cc1. The molecule has 0 atom stereocenters. The summed E-state index contributed by atoms with van der Waals surface area (Å²) < 4.78 is 19.7. The van der Waals surface area contributed by atoms with Gasteiger partial charge in [-0.2, -0.15) is 9.61 Å². The maximum atomic E-state index is 13.0. The number of carbonyl (C=O) groups excluding carboxylic acids is 1. The average molecular weight is 409 g/mol. The molecule has 2 aromatic carbocycles. The Morgan fingerprint density at radius 2 is 1.83 bits per heavy atom. The summed E-state index contributed by atoms with van der Waals surface area (Å²) in [7, 11) is 1.62. The number of halogens is 1. The number of hydrogen-bond acceptors (Lipinski definition) is 6. The lowest BCUT2D eigenvalue weighted by Crippen LogP contribution is -2.14. The predicted octanol–water partition coefficient (Wildman–Crippen LogP) is 3.67. The van der Waals surface area contributed by atoms with Gasteiger partial charge in [0.15, 0.2) is 5.65 Å². The number of nitrogens with one attached hydrogen (secondary N) is 1. The molecule has 146 valence electrons. The summed E-state index contributed by atoms with van der Waals surface area (Å²) in [6, 6.07) is 16.8. The minimum Gasteiger partial charge on any atom is -0.497 e. The van der Waals surface area contributed by atoms with E-state index in [1.165, 1.54) is 36.0 Å². The van der Waals surface area contributed by atoms with E-state index in [0.29, 0.717) is 16.5 Å². The quantitative estimate of drug-likeness (QED) is 0.490. The van der Waals surface area contributed by atoms with Gasteiger partial charge in [0.2, 0.25) is 11.1 Å². The second-order valence-corrected chi connectivity index (χ2v) is 6.99. The number of rotatable bonds is 6. The summed E-state index contributed by atoms with van der Waals surface area (Å²) in [6.45, 7) is 0. The van der Waals surface area contributed by atoms with E-state index < -0.39 is 0 Å². The van der Waals surface area contributed by atoms with E-state index in [4.69, 9.17) is 4.74 Å². The van der Waals surface area contributed by atoms with E-state index in [-0.39, 0.29) is 17.5 Å². The third-order valence-corrected chi connectivity index (χ3v) is 5.00.